The molecule has 74 valence electrons. The van der Waals surface area contributed by atoms with Crippen LogP contribution in [0.5, 0.6) is 0 Å². The third-order valence-corrected chi connectivity index (χ3v) is 2.57. The van der Waals surface area contributed by atoms with E-state index >= 15 is 0 Å². The van der Waals surface area contributed by atoms with Crippen molar-refractivity contribution in [2.75, 3.05) is 0 Å². The Balaban J connectivity index is 2.30. The summed E-state index contributed by atoms with van der Waals surface area (Å²) < 4.78 is 0. The zero-order valence-electron chi connectivity index (χ0n) is 7.73. The Kier molecular flexibility index (Phi) is 2.13. The zero-order chi connectivity index (χ0) is 10.1. The lowest BCUT2D eigenvalue weighted by Gasteiger charge is -2.16. The van der Waals surface area contributed by atoms with E-state index in [-0.39, 0.29) is 12.1 Å². The fraction of sp³-hybridized carbons (Fsp3) is 0.300. The van der Waals surface area contributed by atoms with Gasteiger partial charge in [0.15, 0.2) is 0 Å². The van der Waals surface area contributed by atoms with Crippen LogP contribution in [0.3, 0.4) is 0 Å². The molecule has 1 aromatic rings. The summed E-state index contributed by atoms with van der Waals surface area (Å²) in [6, 6.07) is 7.18. The Labute approximate surface area is 82.3 Å². The smallest absolute Gasteiger partial charge is 0.312 e. The molecule has 0 bridgehead atoms. The molecule has 4 nitrogen and oxygen atoms in total. The number of nitrogens with one attached hydrogen (secondary N) is 1. The van der Waals surface area contributed by atoms with Crippen molar-refractivity contribution in [3.8, 4) is 0 Å². The average Bonchev–Trinajstić information content (AvgIpc) is 2.43. The van der Waals surface area contributed by atoms with E-state index < -0.39 is 6.03 Å². The molecule has 0 heterocycles. The molecule has 1 aliphatic rings. The predicted octanol–water partition coefficient (Wildman–Crippen LogP) is 0.279. The minimum atomic E-state index is -0.526. The number of carbonyl (C=O) groups is 1. The summed E-state index contributed by atoms with van der Waals surface area (Å²) in [5.41, 5.74) is 13.3. The Hall–Kier alpha value is -1.55. The van der Waals surface area contributed by atoms with Crippen LogP contribution in [0.4, 0.5) is 4.79 Å². The number of primary amides is 1. The number of fused-ring (bicyclic) bond motifs is 1. The van der Waals surface area contributed by atoms with Crippen molar-refractivity contribution in [3.63, 3.8) is 0 Å². The molecule has 5 N–H and O–H groups in total. The maximum Gasteiger partial charge on any atom is 0.312 e. The third kappa shape index (κ3) is 1.44. The average molecular weight is 191 g/mol. The second-order valence-corrected chi connectivity index (χ2v) is 3.55. The highest BCUT2D eigenvalue weighted by Crippen LogP contribution is 2.29. The second kappa shape index (κ2) is 3.31. The van der Waals surface area contributed by atoms with Crippen molar-refractivity contribution < 1.29 is 4.79 Å². The standard InChI is InChI=1S/C10H13N3O/c11-8-5-6-3-1-2-4-7(6)9(8)13-10(12)14/h1-4,8-9H,5,11H2,(H3,12,13,14). The van der Waals surface area contributed by atoms with Crippen LogP contribution < -0.4 is 16.8 Å². The largest absolute Gasteiger partial charge is 0.352 e. The summed E-state index contributed by atoms with van der Waals surface area (Å²) in [5, 5.41) is 2.66. The van der Waals surface area contributed by atoms with Crippen LogP contribution in [-0.2, 0) is 6.42 Å². The van der Waals surface area contributed by atoms with E-state index in [1.165, 1.54) is 5.56 Å². The Morgan fingerprint density at radius 2 is 2.14 bits per heavy atom. The number of rotatable bonds is 1. The van der Waals surface area contributed by atoms with E-state index in [0.29, 0.717) is 0 Å². The molecular formula is C10H13N3O. The van der Waals surface area contributed by atoms with Crippen LogP contribution in [-0.4, -0.2) is 12.1 Å². The molecule has 1 aliphatic carbocycles. The molecule has 0 aliphatic heterocycles. The van der Waals surface area contributed by atoms with Crippen molar-refractivity contribution in [3.05, 3.63) is 35.4 Å². The molecule has 2 rings (SSSR count). The van der Waals surface area contributed by atoms with Gasteiger partial charge in [0.25, 0.3) is 0 Å². The first-order chi connectivity index (χ1) is 6.68. The molecule has 0 spiro atoms. The molecule has 0 fully saturated rings. The molecule has 14 heavy (non-hydrogen) atoms. The first-order valence-electron chi connectivity index (χ1n) is 4.58. The number of amides is 2. The van der Waals surface area contributed by atoms with Crippen molar-refractivity contribution >= 4 is 6.03 Å². The molecular weight excluding hydrogens is 178 g/mol. The van der Waals surface area contributed by atoms with Gasteiger partial charge in [-0.05, 0) is 17.5 Å². The zero-order valence-corrected chi connectivity index (χ0v) is 7.73. The van der Waals surface area contributed by atoms with Gasteiger partial charge >= 0.3 is 6.03 Å². The number of hydrogen-bond acceptors (Lipinski definition) is 2. The fourth-order valence-corrected chi connectivity index (χ4v) is 1.96. The monoisotopic (exact) mass is 191 g/mol. The first kappa shape index (κ1) is 9.02. The molecule has 0 aromatic heterocycles. The minimum absolute atomic E-state index is 0.0695. The molecule has 2 unspecified atom stereocenters. The van der Waals surface area contributed by atoms with E-state index in [9.17, 15) is 4.79 Å². The normalized spacial score (nSPS) is 24.4. The van der Waals surface area contributed by atoms with Gasteiger partial charge in [-0.25, -0.2) is 4.79 Å². The molecule has 0 radical (unpaired) electrons. The van der Waals surface area contributed by atoms with Gasteiger partial charge in [0.2, 0.25) is 0 Å². The van der Waals surface area contributed by atoms with E-state index in [1.54, 1.807) is 0 Å². The number of urea groups is 1. The van der Waals surface area contributed by atoms with Crippen LogP contribution in [0.2, 0.25) is 0 Å². The van der Waals surface area contributed by atoms with Crippen LogP contribution in [0.25, 0.3) is 0 Å². The topological polar surface area (TPSA) is 81.1 Å². The van der Waals surface area contributed by atoms with Gasteiger partial charge in [0.1, 0.15) is 0 Å². The lowest BCUT2D eigenvalue weighted by Crippen LogP contribution is -2.40. The van der Waals surface area contributed by atoms with Crippen molar-refractivity contribution in [1.29, 1.82) is 0 Å². The van der Waals surface area contributed by atoms with Gasteiger partial charge in [0.05, 0.1) is 6.04 Å². The first-order valence-corrected chi connectivity index (χ1v) is 4.58. The highest BCUT2D eigenvalue weighted by Gasteiger charge is 2.29. The highest BCUT2D eigenvalue weighted by molar-refractivity contribution is 5.72. The summed E-state index contributed by atoms with van der Waals surface area (Å²) in [4.78, 5) is 10.8. The molecule has 1 aromatic carbocycles. The molecule has 4 heteroatoms. The van der Waals surface area contributed by atoms with Crippen molar-refractivity contribution in [1.82, 2.24) is 5.32 Å². The van der Waals surface area contributed by atoms with E-state index in [2.05, 4.69) is 5.32 Å². The summed E-state index contributed by atoms with van der Waals surface area (Å²) in [6.07, 6.45) is 0.793. The molecule has 2 amide bonds. The third-order valence-electron chi connectivity index (χ3n) is 2.57. The fourth-order valence-electron chi connectivity index (χ4n) is 1.96. The van der Waals surface area contributed by atoms with Gasteiger partial charge in [0, 0.05) is 6.04 Å². The number of carbonyl (C=O) groups excluding carboxylic acids is 1. The summed E-state index contributed by atoms with van der Waals surface area (Å²) in [5.74, 6) is 0. The Bertz CT molecular complexity index is 364. The Morgan fingerprint density at radius 1 is 1.43 bits per heavy atom. The Morgan fingerprint density at radius 3 is 2.86 bits per heavy atom. The van der Waals surface area contributed by atoms with Crippen molar-refractivity contribution in [2.45, 2.75) is 18.5 Å². The lowest BCUT2D eigenvalue weighted by atomic mass is 10.1. The van der Waals surface area contributed by atoms with Gasteiger partial charge in [-0.1, -0.05) is 24.3 Å². The van der Waals surface area contributed by atoms with Crippen molar-refractivity contribution in [2.24, 2.45) is 11.5 Å². The lowest BCUT2D eigenvalue weighted by molar-refractivity contribution is 0.244. The van der Waals surface area contributed by atoms with E-state index in [4.69, 9.17) is 11.5 Å². The van der Waals surface area contributed by atoms with Gasteiger partial charge in [-0.15, -0.1) is 0 Å². The maximum atomic E-state index is 10.8. The SMILES string of the molecule is NC(=O)NC1c2ccccc2CC1N. The van der Waals surface area contributed by atoms with Crippen LogP contribution in [0.15, 0.2) is 24.3 Å². The highest BCUT2D eigenvalue weighted by atomic mass is 16.2. The maximum absolute atomic E-state index is 10.8. The second-order valence-electron chi connectivity index (χ2n) is 3.55. The van der Waals surface area contributed by atoms with Gasteiger partial charge in [-0.3, -0.25) is 0 Å². The number of benzene rings is 1. The van der Waals surface area contributed by atoms with E-state index in [0.717, 1.165) is 12.0 Å². The minimum Gasteiger partial charge on any atom is -0.352 e. The summed E-state index contributed by atoms with van der Waals surface area (Å²) in [7, 11) is 0. The van der Waals surface area contributed by atoms with Crippen LogP contribution in [0, 0.1) is 0 Å². The van der Waals surface area contributed by atoms with Crippen LogP contribution in [0.1, 0.15) is 17.2 Å². The van der Waals surface area contributed by atoms with Gasteiger partial charge in [-0.2, -0.15) is 0 Å². The quantitative estimate of drug-likeness (QED) is 0.596. The summed E-state index contributed by atoms with van der Waals surface area (Å²) in [6.45, 7) is 0. The molecule has 0 saturated heterocycles. The summed E-state index contributed by atoms with van der Waals surface area (Å²) >= 11 is 0. The number of nitrogens with two attached hydrogens (primary N) is 2. The number of hydrogen-bond donors (Lipinski definition) is 3. The molecule has 2 atom stereocenters. The van der Waals surface area contributed by atoms with Crippen LogP contribution >= 0.6 is 0 Å². The van der Waals surface area contributed by atoms with E-state index in [1.807, 2.05) is 24.3 Å². The predicted molar refractivity (Wildman–Crippen MR) is 53.6 cm³/mol. The molecule has 0 saturated carbocycles. The van der Waals surface area contributed by atoms with Gasteiger partial charge < -0.3 is 16.8 Å².